The molecule has 0 saturated heterocycles. The minimum absolute atomic E-state index is 0.319. The van der Waals surface area contributed by atoms with Gasteiger partial charge in [0, 0.05) is 36.0 Å². The number of hydrogen-bond donors (Lipinski definition) is 0. The molecule has 0 aliphatic heterocycles. The molecule has 0 spiro atoms. The number of hydrogen-bond acceptors (Lipinski definition) is 8. The van der Waals surface area contributed by atoms with Gasteiger partial charge >= 0.3 is 11.9 Å². The van der Waals surface area contributed by atoms with Crippen molar-refractivity contribution in [2.75, 3.05) is 14.2 Å². The van der Waals surface area contributed by atoms with Crippen LogP contribution < -0.4 is 0 Å². The molecule has 0 radical (unpaired) electrons. The molecule has 0 N–H and O–H groups in total. The van der Waals surface area contributed by atoms with E-state index in [2.05, 4.69) is 65.3 Å². The number of nitrogens with zero attached hydrogens (tertiary/aromatic N) is 6. The number of carbonyl (C=O) groups is 2. The van der Waals surface area contributed by atoms with Crippen molar-refractivity contribution in [2.24, 2.45) is 0 Å². The zero-order valence-corrected chi connectivity index (χ0v) is 30.3. The molecule has 6 aromatic rings. The topological polar surface area (TPSA) is 114 Å². The van der Waals surface area contributed by atoms with Gasteiger partial charge in [0.1, 0.15) is 18.4 Å². The average molecular weight is 883 g/mol. The number of halogens is 4. The molecule has 0 saturated carbocycles. The normalized spacial score (nSPS) is 12.3. The van der Waals surface area contributed by atoms with E-state index in [9.17, 15) is 9.59 Å². The van der Waals surface area contributed by atoms with Crippen molar-refractivity contribution in [3.63, 3.8) is 0 Å². The summed E-state index contributed by atoms with van der Waals surface area (Å²) in [6.45, 7) is 0. The Hall–Kier alpha value is -3.34. The number of ether oxygens (including phenoxy) is 2. The number of methoxy groups -OCH3 is 2. The number of rotatable bonds is 8. The Morgan fingerprint density at radius 2 is 1.22 bits per heavy atom. The highest BCUT2D eigenvalue weighted by molar-refractivity contribution is 14.1. The molecular formula is C32H26Cl2I2N6O4. The van der Waals surface area contributed by atoms with Crippen LogP contribution in [0.25, 0.3) is 21.8 Å². The number of benzene rings is 2. The minimum Gasteiger partial charge on any atom is -0.467 e. The van der Waals surface area contributed by atoms with Gasteiger partial charge in [-0.05, 0) is 68.4 Å². The molecule has 6 rings (SSSR count). The Bertz CT molecular complexity index is 1980. The van der Waals surface area contributed by atoms with Gasteiger partial charge in [0.15, 0.2) is 22.4 Å². The second-order valence-corrected chi connectivity index (χ2v) is 12.7. The lowest BCUT2D eigenvalue weighted by atomic mass is 10.1. The lowest BCUT2D eigenvalue weighted by Crippen LogP contribution is -2.25. The molecule has 0 aliphatic rings. The monoisotopic (exact) mass is 882 g/mol. The maximum Gasteiger partial charge on any atom is 0.331 e. The molecule has 0 fully saturated rings. The van der Waals surface area contributed by atoms with Crippen molar-refractivity contribution in [2.45, 2.75) is 24.9 Å². The lowest BCUT2D eigenvalue weighted by molar-refractivity contribution is -0.145. The van der Waals surface area contributed by atoms with Crippen LogP contribution in [0, 0.1) is 7.40 Å². The SMILES string of the molecule is COC(=O)C(Cc1ccccc1)n1nc(I)c2ccnc(Cl)c21.COC(=O)C(Cc1ccccc1)n1nc2c(Cl)nccc2c1I. The van der Waals surface area contributed by atoms with E-state index in [0.717, 1.165) is 29.3 Å². The van der Waals surface area contributed by atoms with Gasteiger partial charge in [-0.25, -0.2) is 28.9 Å². The summed E-state index contributed by atoms with van der Waals surface area (Å²) in [4.78, 5) is 32.8. The lowest BCUT2D eigenvalue weighted by Gasteiger charge is -2.16. The van der Waals surface area contributed by atoms with Gasteiger partial charge in [-0.3, -0.25) is 0 Å². The number of esters is 2. The van der Waals surface area contributed by atoms with Crippen molar-refractivity contribution in [3.05, 3.63) is 114 Å². The van der Waals surface area contributed by atoms with Crippen LogP contribution in [0.5, 0.6) is 0 Å². The quantitative estimate of drug-likeness (QED) is 0.0891. The molecule has 0 amide bonds. The average Bonchev–Trinajstić information content (AvgIpc) is 3.60. The van der Waals surface area contributed by atoms with Crippen molar-refractivity contribution in [1.29, 1.82) is 0 Å². The van der Waals surface area contributed by atoms with Crippen molar-refractivity contribution in [1.82, 2.24) is 29.5 Å². The van der Waals surface area contributed by atoms with E-state index in [1.54, 1.807) is 21.8 Å². The van der Waals surface area contributed by atoms with Crippen LogP contribution in [0.2, 0.25) is 10.3 Å². The molecule has 2 aromatic carbocycles. The number of pyridine rings is 2. The van der Waals surface area contributed by atoms with E-state index in [4.69, 9.17) is 32.7 Å². The Morgan fingerprint density at radius 3 is 1.74 bits per heavy atom. The van der Waals surface area contributed by atoms with Crippen LogP contribution >= 0.6 is 68.4 Å². The first kappa shape index (κ1) is 34.0. The summed E-state index contributed by atoms with van der Waals surface area (Å²) in [5.41, 5.74) is 3.27. The van der Waals surface area contributed by atoms with E-state index in [0.29, 0.717) is 34.2 Å². The van der Waals surface area contributed by atoms with E-state index >= 15 is 0 Å². The number of aromatic nitrogens is 6. The van der Waals surface area contributed by atoms with Gasteiger partial charge in [0.2, 0.25) is 0 Å². The largest absolute Gasteiger partial charge is 0.467 e. The molecule has 10 nitrogen and oxygen atoms in total. The molecule has 14 heteroatoms. The Balaban J connectivity index is 0.000000181. The zero-order valence-electron chi connectivity index (χ0n) is 24.5. The maximum absolute atomic E-state index is 12.3. The fraction of sp³-hybridized carbons (Fsp3) is 0.188. The highest BCUT2D eigenvalue weighted by atomic mass is 127. The van der Waals surface area contributed by atoms with Crippen LogP contribution in [-0.4, -0.2) is 55.7 Å². The minimum atomic E-state index is -0.602. The van der Waals surface area contributed by atoms with Gasteiger partial charge in [0.25, 0.3) is 0 Å². The summed E-state index contributed by atoms with van der Waals surface area (Å²) >= 11 is 16.6. The molecule has 236 valence electrons. The number of fused-ring (bicyclic) bond motifs is 2. The van der Waals surface area contributed by atoms with Gasteiger partial charge < -0.3 is 9.47 Å². The molecule has 0 bridgehead atoms. The summed E-state index contributed by atoms with van der Waals surface area (Å²) in [5.74, 6) is -0.710. The molecular weight excluding hydrogens is 857 g/mol. The summed E-state index contributed by atoms with van der Waals surface area (Å²) in [5, 5.41) is 11.4. The van der Waals surface area contributed by atoms with Crippen LogP contribution in [-0.2, 0) is 31.9 Å². The van der Waals surface area contributed by atoms with E-state index < -0.39 is 12.1 Å². The summed E-state index contributed by atoms with van der Waals surface area (Å²) in [6.07, 6.45) is 4.21. The van der Waals surface area contributed by atoms with Gasteiger partial charge in [0.05, 0.1) is 14.2 Å². The smallest absolute Gasteiger partial charge is 0.331 e. The van der Waals surface area contributed by atoms with Gasteiger partial charge in [-0.1, -0.05) is 83.9 Å². The summed E-state index contributed by atoms with van der Waals surface area (Å²) in [6, 6.07) is 22.0. The van der Waals surface area contributed by atoms with Crippen molar-refractivity contribution in [3.8, 4) is 0 Å². The third-order valence-electron chi connectivity index (χ3n) is 7.12. The fourth-order valence-corrected chi connectivity index (χ4v) is 6.88. The first-order valence-electron chi connectivity index (χ1n) is 13.8. The van der Waals surface area contributed by atoms with Crippen LogP contribution in [0.4, 0.5) is 0 Å². The van der Waals surface area contributed by atoms with Crippen molar-refractivity contribution < 1.29 is 19.1 Å². The Kier molecular flexibility index (Phi) is 11.5. The van der Waals surface area contributed by atoms with E-state index in [1.807, 2.05) is 72.8 Å². The summed E-state index contributed by atoms with van der Waals surface area (Å²) in [7, 11) is 2.75. The third kappa shape index (κ3) is 7.45. The predicted octanol–water partition coefficient (Wildman–Crippen LogP) is 7.29. The maximum atomic E-state index is 12.3. The third-order valence-corrected chi connectivity index (χ3v) is 9.54. The standard InChI is InChI=1S/2C16H13ClIN3O2/c1-23-16(22)12(9-10-5-3-2-4-6-10)21-13-11(15(18)20-21)7-8-19-14(13)17;1-23-16(22)12(9-10-5-3-2-4-6-10)21-15(18)11-7-8-19-14(17)13(11)20-21/h2*2-8,12H,9H2,1H3. The molecule has 46 heavy (non-hydrogen) atoms. The number of carbonyl (C=O) groups excluding carboxylic acids is 2. The van der Waals surface area contributed by atoms with Gasteiger partial charge in [-0.2, -0.15) is 10.2 Å². The van der Waals surface area contributed by atoms with Crippen LogP contribution in [0.3, 0.4) is 0 Å². The highest BCUT2D eigenvalue weighted by Crippen LogP contribution is 2.30. The first-order valence-corrected chi connectivity index (χ1v) is 16.7. The fourth-order valence-electron chi connectivity index (χ4n) is 4.89. The molecule has 4 aromatic heterocycles. The first-order chi connectivity index (χ1) is 22.2. The van der Waals surface area contributed by atoms with Gasteiger partial charge in [-0.15, -0.1) is 0 Å². The predicted molar refractivity (Wildman–Crippen MR) is 193 cm³/mol. The zero-order chi connectivity index (χ0) is 32.8. The molecule has 4 heterocycles. The second-order valence-electron chi connectivity index (χ2n) is 9.92. The van der Waals surface area contributed by atoms with Crippen molar-refractivity contribution >= 4 is 102 Å². The second kappa shape index (κ2) is 15.5. The van der Waals surface area contributed by atoms with Crippen LogP contribution in [0.1, 0.15) is 23.2 Å². The van der Waals surface area contributed by atoms with E-state index in [1.165, 1.54) is 14.2 Å². The Labute approximate surface area is 301 Å². The van der Waals surface area contributed by atoms with Crippen LogP contribution in [0.15, 0.2) is 85.2 Å². The molecule has 0 aliphatic carbocycles. The molecule has 2 unspecified atom stereocenters. The molecule has 2 atom stereocenters. The highest BCUT2D eigenvalue weighted by Gasteiger charge is 2.28. The summed E-state index contributed by atoms with van der Waals surface area (Å²) < 4.78 is 14.8. The Morgan fingerprint density at radius 1 is 0.717 bits per heavy atom. The van der Waals surface area contributed by atoms with E-state index in [-0.39, 0.29) is 11.9 Å².